The average Bonchev–Trinajstić information content (AvgIpc) is 2.29. The highest BCUT2D eigenvalue weighted by Gasteiger charge is 2.13. The van der Waals surface area contributed by atoms with Crippen molar-refractivity contribution in [3.05, 3.63) is 34.9 Å². The molecule has 0 saturated heterocycles. The predicted octanol–water partition coefficient (Wildman–Crippen LogP) is 2.68. The number of hydrogen-bond acceptors (Lipinski definition) is 3. The quantitative estimate of drug-likeness (QED) is 0.799. The molecule has 3 nitrogen and oxygen atoms in total. The fourth-order valence-corrected chi connectivity index (χ4v) is 1.76. The maximum absolute atomic E-state index is 11.2. The maximum Gasteiger partial charge on any atom is 0.305 e. The Balaban J connectivity index is 2.60. The summed E-state index contributed by atoms with van der Waals surface area (Å²) in [7, 11) is 0. The molecule has 1 atom stereocenters. The molecule has 0 fully saturated rings. The zero-order chi connectivity index (χ0) is 12.8. The van der Waals surface area contributed by atoms with Crippen LogP contribution in [0.1, 0.15) is 42.6 Å². The molecule has 0 bridgehead atoms. The average molecular weight is 236 g/mol. The molecule has 0 heterocycles. The molecule has 0 radical (unpaired) electrons. The molecule has 94 valence electrons. The summed E-state index contributed by atoms with van der Waals surface area (Å²) in [6.45, 7) is 6.11. The molecule has 1 aromatic carbocycles. The van der Waals surface area contributed by atoms with E-state index in [2.05, 4.69) is 0 Å². The van der Waals surface area contributed by atoms with E-state index in [9.17, 15) is 9.90 Å². The molecular formula is C14H20O3. The summed E-state index contributed by atoms with van der Waals surface area (Å²) in [6.07, 6.45) is 0.0604. The fraction of sp³-hybridized carbons (Fsp3) is 0.500. The molecule has 0 aromatic heterocycles. The van der Waals surface area contributed by atoms with E-state index >= 15 is 0 Å². The van der Waals surface area contributed by atoms with Crippen LogP contribution < -0.4 is 0 Å². The second kappa shape index (κ2) is 6.40. The molecular weight excluding hydrogens is 216 g/mol. The molecule has 0 aliphatic carbocycles. The van der Waals surface area contributed by atoms with Gasteiger partial charge >= 0.3 is 5.97 Å². The molecule has 0 aliphatic rings. The number of benzene rings is 1. The van der Waals surface area contributed by atoms with Gasteiger partial charge in [0.2, 0.25) is 0 Å². The third-order valence-corrected chi connectivity index (χ3v) is 2.72. The molecule has 0 amide bonds. The Morgan fingerprint density at radius 3 is 2.76 bits per heavy atom. The molecule has 0 aliphatic heterocycles. The summed E-state index contributed by atoms with van der Waals surface area (Å²) >= 11 is 0. The third kappa shape index (κ3) is 4.19. The van der Waals surface area contributed by atoms with Crippen LogP contribution in [0.5, 0.6) is 0 Å². The van der Waals surface area contributed by atoms with Crippen molar-refractivity contribution in [3.8, 4) is 0 Å². The summed E-state index contributed by atoms with van der Waals surface area (Å²) < 4.78 is 4.83. The summed E-state index contributed by atoms with van der Waals surface area (Å²) in [6, 6.07) is 5.96. The fourth-order valence-electron chi connectivity index (χ4n) is 1.76. The van der Waals surface area contributed by atoms with Gasteiger partial charge in [-0.1, -0.05) is 23.8 Å². The first-order chi connectivity index (χ1) is 8.04. The SMILES string of the molecule is CCOC(=O)CCC(O)c1cc(C)ccc1C. The molecule has 3 heteroatoms. The van der Waals surface area contributed by atoms with E-state index in [0.717, 1.165) is 16.7 Å². The lowest BCUT2D eigenvalue weighted by Crippen LogP contribution is -2.08. The number of aliphatic hydroxyl groups is 1. The van der Waals surface area contributed by atoms with E-state index < -0.39 is 6.10 Å². The van der Waals surface area contributed by atoms with Crippen LogP contribution in [0.3, 0.4) is 0 Å². The van der Waals surface area contributed by atoms with Crippen molar-refractivity contribution in [1.29, 1.82) is 0 Å². The number of aliphatic hydroxyl groups excluding tert-OH is 1. The van der Waals surface area contributed by atoms with Crippen LogP contribution in [0.15, 0.2) is 18.2 Å². The van der Waals surface area contributed by atoms with Crippen molar-refractivity contribution in [2.75, 3.05) is 6.61 Å². The first kappa shape index (κ1) is 13.7. The lowest BCUT2D eigenvalue weighted by molar-refractivity contribution is -0.143. The maximum atomic E-state index is 11.2. The van der Waals surface area contributed by atoms with Gasteiger partial charge in [-0.15, -0.1) is 0 Å². The molecule has 1 rings (SSSR count). The van der Waals surface area contributed by atoms with Crippen molar-refractivity contribution in [2.24, 2.45) is 0 Å². The van der Waals surface area contributed by atoms with Crippen molar-refractivity contribution in [3.63, 3.8) is 0 Å². The summed E-state index contributed by atoms with van der Waals surface area (Å²) in [5, 5.41) is 10.0. The van der Waals surface area contributed by atoms with Gasteiger partial charge in [0.25, 0.3) is 0 Å². The Hall–Kier alpha value is -1.35. The number of carbonyl (C=O) groups is 1. The van der Waals surface area contributed by atoms with Crippen molar-refractivity contribution >= 4 is 5.97 Å². The molecule has 1 aromatic rings. The molecule has 17 heavy (non-hydrogen) atoms. The number of aryl methyl sites for hydroxylation is 2. The highest BCUT2D eigenvalue weighted by Crippen LogP contribution is 2.23. The van der Waals surface area contributed by atoms with Crippen molar-refractivity contribution in [1.82, 2.24) is 0 Å². The van der Waals surface area contributed by atoms with Crippen LogP contribution in [0.2, 0.25) is 0 Å². The van der Waals surface area contributed by atoms with Gasteiger partial charge in [0.15, 0.2) is 0 Å². The zero-order valence-corrected chi connectivity index (χ0v) is 10.7. The Labute approximate surface area is 102 Å². The van der Waals surface area contributed by atoms with E-state index in [4.69, 9.17) is 4.74 Å². The van der Waals surface area contributed by atoms with E-state index in [1.54, 1.807) is 6.92 Å². The van der Waals surface area contributed by atoms with Crippen LogP contribution in [-0.4, -0.2) is 17.7 Å². The Kier molecular flexibility index (Phi) is 5.16. The first-order valence-corrected chi connectivity index (χ1v) is 5.95. The Morgan fingerprint density at radius 2 is 2.12 bits per heavy atom. The highest BCUT2D eigenvalue weighted by molar-refractivity contribution is 5.69. The van der Waals surface area contributed by atoms with E-state index in [1.165, 1.54) is 0 Å². The molecule has 0 saturated carbocycles. The minimum Gasteiger partial charge on any atom is -0.466 e. The predicted molar refractivity (Wildman–Crippen MR) is 66.7 cm³/mol. The van der Waals surface area contributed by atoms with Gasteiger partial charge < -0.3 is 9.84 Å². The first-order valence-electron chi connectivity index (χ1n) is 5.95. The number of hydrogen-bond donors (Lipinski definition) is 1. The van der Waals surface area contributed by atoms with Gasteiger partial charge in [-0.3, -0.25) is 4.79 Å². The molecule has 0 spiro atoms. The molecule has 1 N–H and O–H groups in total. The smallest absolute Gasteiger partial charge is 0.305 e. The van der Waals surface area contributed by atoms with Gasteiger partial charge in [0.1, 0.15) is 0 Å². The highest BCUT2D eigenvalue weighted by atomic mass is 16.5. The van der Waals surface area contributed by atoms with Gasteiger partial charge in [-0.25, -0.2) is 0 Å². The van der Waals surface area contributed by atoms with Crippen LogP contribution in [0.4, 0.5) is 0 Å². The van der Waals surface area contributed by atoms with E-state index in [0.29, 0.717) is 13.0 Å². The van der Waals surface area contributed by atoms with Crippen LogP contribution in [0.25, 0.3) is 0 Å². The number of ether oxygens (including phenoxy) is 1. The van der Waals surface area contributed by atoms with Gasteiger partial charge in [-0.2, -0.15) is 0 Å². The van der Waals surface area contributed by atoms with Crippen molar-refractivity contribution in [2.45, 2.75) is 39.7 Å². The monoisotopic (exact) mass is 236 g/mol. The van der Waals surface area contributed by atoms with Gasteiger partial charge in [-0.05, 0) is 38.3 Å². The lowest BCUT2D eigenvalue weighted by atomic mass is 9.98. The van der Waals surface area contributed by atoms with Crippen LogP contribution in [-0.2, 0) is 9.53 Å². The van der Waals surface area contributed by atoms with Crippen molar-refractivity contribution < 1.29 is 14.6 Å². The standard InChI is InChI=1S/C14H20O3/c1-4-17-14(16)8-7-13(15)12-9-10(2)5-6-11(12)3/h5-6,9,13,15H,4,7-8H2,1-3H3. The minimum atomic E-state index is -0.598. The van der Waals surface area contributed by atoms with Crippen LogP contribution >= 0.6 is 0 Å². The Morgan fingerprint density at radius 1 is 1.41 bits per heavy atom. The summed E-state index contributed by atoms with van der Waals surface area (Å²) in [5.41, 5.74) is 3.06. The normalized spacial score (nSPS) is 12.2. The van der Waals surface area contributed by atoms with E-state index in [-0.39, 0.29) is 12.4 Å². The summed E-state index contributed by atoms with van der Waals surface area (Å²) in [4.78, 5) is 11.2. The van der Waals surface area contributed by atoms with E-state index in [1.807, 2.05) is 32.0 Å². The third-order valence-electron chi connectivity index (χ3n) is 2.72. The van der Waals surface area contributed by atoms with Gasteiger partial charge in [0.05, 0.1) is 12.7 Å². The Bertz CT molecular complexity index is 385. The second-order valence-electron chi connectivity index (χ2n) is 4.22. The summed E-state index contributed by atoms with van der Waals surface area (Å²) in [5.74, 6) is -0.253. The largest absolute Gasteiger partial charge is 0.466 e. The second-order valence-corrected chi connectivity index (χ2v) is 4.22. The molecule has 1 unspecified atom stereocenters. The minimum absolute atomic E-state index is 0.252. The van der Waals surface area contributed by atoms with Gasteiger partial charge in [0, 0.05) is 6.42 Å². The zero-order valence-electron chi connectivity index (χ0n) is 10.7. The number of carbonyl (C=O) groups excluding carboxylic acids is 1. The van der Waals surface area contributed by atoms with Crippen LogP contribution in [0, 0.1) is 13.8 Å². The number of esters is 1. The number of rotatable bonds is 5. The topological polar surface area (TPSA) is 46.5 Å². The lowest BCUT2D eigenvalue weighted by Gasteiger charge is -2.14.